The summed E-state index contributed by atoms with van der Waals surface area (Å²) in [7, 11) is -3.52. The summed E-state index contributed by atoms with van der Waals surface area (Å²) in [5.74, 6) is -0.125. The maximum absolute atomic E-state index is 12.2. The van der Waals surface area contributed by atoms with Gasteiger partial charge < -0.3 is 10.6 Å². The average Bonchev–Trinajstić information content (AvgIpc) is 2.65. The van der Waals surface area contributed by atoms with Crippen LogP contribution in [0.3, 0.4) is 0 Å². The average molecular weight is 418 g/mol. The van der Waals surface area contributed by atoms with E-state index in [0.29, 0.717) is 24.3 Å². The molecule has 0 heterocycles. The summed E-state index contributed by atoms with van der Waals surface area (Å²) in [6.07, 6.45) is 0.735. The fourth-order valence-corrected chi connectivity index (χ4v) is 3.77. The van der Waals surface area contributed by atoms with Gasteiger partial charge in [-0.25, -0.2) is 13.1 Å². The van der Waals surface area contributed by atoms with Crippen molar-refractivity contribution in [1.29, 1.82) is 0 Å². The van der Waals surface area contributed by atoms with Crippen molar-refractivity contribution in [2.75, 3.05) is 17.2 Å². The minimum Gasteiger partial charge on any atom is -0.326 e. The zero-order chi connectivity index (χ0) is 21.4. The normalized spacial score (nSPS) is 11.3. The second-order valence-electron chi connectivity index (χ2n) is 7.20. The van der Waals surface area contributed by atoms with Crippen LogP contribution in [0, 0.1) is 5.92 Å². The van der Waals surface area contributed by atoms with E-state index in [4.69, 9.17) is 0 Å². The lowest BCUT2D eigenvalue weighted by Gasteiger charge is -2.10. The van der Waals surface area contributed by atoms with Gasteiger partial charge in [0.1, 0.15) is 0 Å². The van der Waals surface area contributed by atoms with Gasteiger partial charge in [0, 0.05) is 31.3 Å². The van der Waals surface area contributed by atoms with Crippen molar-refractivity contribution in [2.45, 2.75) is 38.5 Å². The van der Waals surface area contributed by atoms with Gasteiger partial charge in [0.15, 0.2) is 0 Å². The highest BCUT2D eigenvalue weighted by molar-refractivity contribution is 7.89. The predicted octanol–water partition coefficient (Wildman–Crippen LogP) is 3.15. The molecule has 0 fully saturated rings. The van der Waals surface area contributed by atoms with Crippen LogP contribution < -0.4 is 15.4 Å². The number of aryl methyl sites for hydroxylation is 1. The molecule has 0 aliphatic carbocycles. The van der Waals surface area contributed by atoms with Gasteiger partial charge in [0.25, 0.3) is 0 Å². The minimum absolute atomic E-state index is 0.166. The molecule has 3 N–H and O–H groups in total. The number of amides is 2. The van der Waals surface area contributed by atoms with Crippen molar-refractivity contribution >= 4 is 33.2 Å². The van der Waals surface area contributed by atoms with E-state index >= 15 is 0 Å². The quantitative estimate of drug-likeness (QED) is 0.583. The van der Waals surface area contributed by atoms with Gasteiger partial charge in [0.05, 0.1) is 4.90 Å². The lowest BCUT2D eigenvalue weighted by molar-refractivity contribution is -0.116. The maximum atomic E-state index is 12.2. The molecule has 8 heteroatoms. The van der Waals surface area contributed by atoms with Crippen LogP contribution in [0.1, 0.15) is 32.8 Å². The highest BCUT2D eigenvalue weighted by Crippen LogP contribution is 2.16. The molecule has 0 saturated heterocycles. The Hall–Kier alpha value is -2.71. The number of anilines is 2. The Kier molecular flexibility index (Phi) is 7.92. The molecule has 7 nitrogen and oxygen atoms in total. The molecule has 0 saturated carbocycles. The van der Waals surface area contributed by atoms with E-state index in [1.165, 1.54) is 6.92 Å². The molecule has 0 aliphatic rings. The van der Waals surface area contributed by atoms with Gasteiger partial charge in [-0.2, -0.15) is 0 Å². The molecule has 0 radical (unpaired) electrons. The summed E-state index contributed by atoms with van der Waals surface area (Å²) in [4.78, 5) is 23.5. The first-order chi connectivity index (χ1) is 13.7. The van der Waals surface area contributed by atoms with E-state index in [1.807, 2.05) is 13.8 Å². The molecule has 0 unspecified atom stereocenters. The number of rotatable bonds is 9. The number of benzene rings is 2. The molecule has 2 aromatic rings. The van der Waals surface area contributed by atoms with Gasteiger partial charge in [-0.3, -0.25) is 9.59 Å². The lowest BCUT2D eigenvalue weighted by atomic mass is 10.1. The Morgan fingerprint density at radius 3 is 2.17 bits per heavy atom. The zero-order valence-corrected chi connectivity index (χ0v) is 17.7. The molecule has 2 rings (SSSR count). The van der Waals surface area contributed by atoms with Crippen LogP contribution in [0.4, 0.5) is 11.4 Å². The Morgan fingerprint density at radius 1 is 0.966 bits per heavy atom. The highest BCUT2D eigenvalue weighted by atomic mass is 32.2. The van der Waals surface area contributed by atoms with Gasteiger partial charge in [-0.15, -0.1) is 0 Å². The maximum Gasteiger partial charge on any atom is 0.240 e. The molecular formula is C21H27N3O4S. The van der Waals surface area contributed by atoms with Crippen molar-refractivity contribution in [3.63, 3.8) is 0 Å². The summed E-state index contributed by atoms with van der Waals surface area (Å²) in [5, 5.41) is 5.46. The largest absolute Gasteiger partial charge is 0.326 e. The number of carbonyl (C=O) groups is 2. The van der Waals surface area contributed by atoms with Crippen LogP contribution in [0.25, 0.3) is 0 Å². The third-order valence-electron chi connectivity index (χ3n) is 4.02. The topological polar surface area (TPSA) is 104 Å². The Balaban J connectivity index is 1.90. The van der Waals surface area contributed by atoms with Gasteiger partial charge >= 0.3 is 0 Å². The van der Waals surface area contributed by atoms with E-state index in [-0.39, 0.29) is 29.0 Å². The van der Waals surface area contributed by atoms with Crippen LogP contribution in [-0.4, -0.2) is 26.8 Å². The fourth-order valence-electron chi connectivity index (χ4n) is 2.55. The van der Waals surface area contributed by atoms with Crippen molar-refractivity contribution in [3.05, 3.63) is 54.1 Å². The standard InChI is InChI=1S/C21H27N3O4S/c1-15(2)14-22-29(27,28)20-10-7-17(8-11-20)9-12-21(26)24-19-6-4-5-18(13-19)23-16(3)25/h4-8,10-11,13,15,22H,9,12,14H2,1-3H3,(H,23,25)(H,24,26). The second-order valence-corrected chi connectivity index (χ2v) is 8.97. The van der Waals surface area contributed by atoms with E-state index in [2.05, 4.69) is 15.4 Å². The predicted molar refractivity (Wildman–Crippen MR) is 114 cm³/mol. The van der Waals surface area contributed by atoms with Crippen molar-refractivity contribution < 1.29 is 18.0 Å². The summed E-state index contributed by atoms with van der Waals surface area (Å²) in [6, 6.07) is 13.4. The Labute approximate surface area is 172 Å². The van der Waals surface area contributed by atoms with Crippen molar-refractivity contribution in [3.8, 4) is 0 Å². The van der Waals surface area contributed by atoms with Gasteiger partial charge in [-0.1, -0.05) is 32.0 Å². The minimum atomic E-state index is -3.52. The van der Waals surface area contributed by atoms with Crippen LogP contribution in [0.15, 0.2) is 53.4 Å². The van der Waals surface area contributed by atoms with Gasteiger partial charge in [-0.05, 0) is 48.2 Å². The second kappa shape index (κ2) is 10.2. The molecule has 0 aromatic heterocycles. The first-order valence-electron chi connectivity index (χ1n) is 9.42. The lowest BCUT2D eigenvalue weighted by Crippen LogP contribution is -2.27. The first kappa shape index (κ1) is 22.6. The number of hydrogen-bond donors (Lipinski definition) is 3. The van der Waals surface area contributed by atoms with Crippen LogP contribution in [0.5, 0.6) is 0 Å². The SMILES string of the molecule is CC(=O)Nc1cccc(NC(=O)CCc2ccc(S(=O)(=O)NCC(C)C)cc2)c1. The smallest absolute Gasteiger partial charge is 0.240 e. The molecular weight excluding hydrogens is 390 g/mol. The number of hydrogen-bond acceptors (Lipinski definition) is 4. The summed E-state index contributed by atoms with van der Waals surface area (Å²) >= 11 is 0. The molecule has 2 amide bonds. The number of nitrogens with one attached hydrogen (secondary N) is 3. The van der Waals surface area contributed by atoms with E-state index in [9.17, 15) is 18.0 Å². The van der Waals surface area contributed by atoms with Crippen LogP contribution >= 0.6 is 0 Å². The van der Waals surface area contributed by atoms with E-state index < -0.39 is 10.0 Å². The highest BCUT2D eigenvalue weighted by Gasteiger charge is 2.14. The summed E-state index contributed by atoms with van der Waals surface area (Å²) in [5.41, 5.74) is 2.08. The molecule has 156 valence electrons. The molecule has 0 aliphatic heterocycles. The Morgan fingerprint density at radius 2 is 1.59 bits per heavy atom. The number of carbonyl (C=O) groups excluding carboxylic acids is 2. The molecule has 0 spiro atoms. The zero-order valence-electron chi connectivity index (χ0n) is 16.9. The molecule has 0 atom stereocenters. The monoisotopic (exact) mass is 417 g/mol. The first-order valence-corrected chi connectivity index (χ1v) is 10.9. The Bertz CT molecular complexity index is 954. The van der Waals surface area contributed by atoms with E-state index in [1.54, 1.807) is 48.5 Å². The van der Waals surface area contributed by atoms with E-state index in [0.717, 1.165) is 5.56 Å². The van der Waals surface area contributed by atoms with Crippen LogP contribution in [0.2, 0.25) is 0 Å². The van der Waals surface area contributed by atoms with Crippen LogP contribution in [-0.2, 0) is 26.0 Å². The third kappa shape index (κ3) is 7.67. The molecule has 0 bridgehead atoms. The van der Waals surface area contributed by atoms with Crippen molar-refractivity contribution in [1.82, 2.24) is 4.72 Å². The molecule has 2 aromatic carbocycles. The van der Waals surface area contributed by atoms with Crippen molar-refractivity contribution in [2.24, 2.45) is 5.92 Å². The third-order valence-corrected chi connectivity index (χ3v) is 5.46. The van der Waals surface area contributed by atoms with Gasteiger partial charge in [0.2, 0.25) is 21.8 Å². The summed E-state index contributed by atoms with van der Waals surface area (Å²) in [6.45, 7) is 5.68. The summed E-state index contributed by atoms with van der Waals surface area (Å²) < 4.78 is 27.0. The number of sulfonamides is 1. The fraction of sp³-hybridized carbons (Fsp3) is 0.333. The molecule has 29 heavy (non-hydrogen) atoms.